The molecule has 34 heavy (non-hydrogen) atoms. The van der Waals surface area contributed by atoms with Crippen molar-refractivity contribution in [1.82, 2.24) is 9.21 Å². The minimum absolute atomic E-state index is 0.0342. The lowest BCUT2D eigenvalue weighted by atomic mass is 10.2. The van der Waals surface area contributed by atoms with Gasteiger partial charge >= 0.3 is 0 Å². The summed E-state index contributed by atoms with van der Waals surface area (Å²) in [7, 11) is -4.11. The number of halogens is 3. The molecule has 2 aromatic carbocycles. The first-order valence-corrected chi connectivity index (χ1v) is 13.7. The highest BCUT2D eigenvalue weighted by molar-refractivity contribution is 7.89. The summed E-state index contributed by atoms with van der Waals surface area (Å²) in [5.41, 5.74) is 0.738. The van der Waals surface area contributed by atoms with E-state index < -0.39 is 16.1 Å². The number of benzene rings is 2. The maximum absolute atomic E-state index is 13.5. The molecule has 3 aromatic rings. The number of nitrogens with zero attached hydrogens (tertiary/aromatic N) is 2. The topological polar surface area (TPSA) is 57.7 Å². The number of rotatable bonds is 10. The predicted molar refractivity (Wildman–Crippen MR) is 135 cm³/mol. The minimum Gasteiger partial charge on any atom is -0.332 e. The zero-order valence-electron chi connectivity index (χ0n) is 18.7. The molecular weight excluding hydrogens is 518 g/mol. The number of hydrogen-bond acceptors (Lipinski definition) is 4. The van der Waals surface area contributed by atoms with E-state index in [-0.39, 0.29) is 39.8 Å². The van der Waals surface area contributed by atoms with Crippen molar-refractivity contribution in [3.8, 4) is 0 Å². The minimum atomic E-state index is -4.11. The van der Waals surface area contributed by atoms with Gasteiger partial charge in [0.25, 0.3) is 0 Å². The zero-order chi connectivity index (χ0) is 24.9. The molecule has 0 spiro atoms. The second-order valence-electron chi connectivity index (χ2n) is 7.84. The van der Waals surface area contributed by atoms with Gasteiger partial charge in [-0.05, 0) is 60.7 Å². The van der Waals surface area contributed by atoms with E-state index in [2.05, 4.69) is 0 Å². The van der Waals surface area contributed by atoms with Gasteiger partial charge in [0, 0.05) is 22.5 Å². The van der Waals surface area contributed by atoms with Crippen LogP contribution in [0.2, 0.25) is 10.0 Å². The summed E-state index contributed by atoms with van der Waals surface area (Å²) >= 11 is 13.7. The highest BCUT2D eigenvalue weighted by atomic mass is 35.5. The number of hydrogen-bond donors (Lipinski definition) is 0. The third kappa shape index (κ3) is 6.58. The Morgan fingerprint density at radius 3 is 2.41 bits per heavy atom. The van der Waals surface area contributed by atoms with Gasteiger partial charge in [-0.1, -0.05) is 48.3 Å². The summed E-state index contributed by atoms with van der Waals surface area (Å²) in [4.78, 5) is 15.9. The molecule has 1 aromatic heterocycles. The molecule has 182 valence electrons. The van der Waals surface area contributed by atoms with Crippen molar-refractivity contribution in [3.05, 3.63) is 86.3 Å². The summed E-state index contributed by atoms with van der Waals surface area (Å²) in [6.45, 7) is 3.74. The van der Waals surface area contributed by atoms with Gasteiger partial charge in [0.2, 0.25) is 15.9 Å². The van der Waals surface area contributed by atoms with E-state index in [1.165, 1.54) is 46.0 Å². The Morgan fingerprint density at radius 2 is 1.79 bits per heavy atom. The molecule has 0 aliphatic heterocycles. The van der Waals surface area contributed by atoms with Crippen molar-refractivity contribution >= 4 is 50.5 Å². The molecule has 1 atom stereocenters. The van der Waals surface area contributed by atoms with Crippen LogP contribution in [0.4, 0.5) is 4.39 Å². The second-order valence-corrected chi connectivity index (χ2v) is 11.6. The van der Waals surface area contributed by atoms with Gasteiger partial charge in [-0.2, -0.15) is 4.31 Å². The lowest BCUT2D eigenvalue weighted by molar-refractivity contribution is -0.133. The summed E-state index contributed by atoms with van der Waals surface area (Å²) < 4.78 is 41.6. The zero-order valence-corrected chi connectivity index (χ0v) is 21.9. The van der Waals surface area contributed by atoms with Crippen LogP contribution in [0.5, 0.6) is 0 Å². The molecule has 0 saturated heterocycles. The van der Waals surface area contributed by atoms with Gasteiger partial charge in [0.1, 0.15) is 10.7 Å². The number of carbonyl (C=O) groups is 1. The second kappa shape index (κ2) is 11.6. The van der Waals surface area contributed by atoms with E-state index in [9.17, 15) is 17.6 Å². The summed E-state index contributed by atoms with van der Waals surface area (Å²) in [5, 5.41) is 2.17. The molecule has 0 aliphatic rings. The van der Waals surface area contributed by atoms with Crippen molar-refractivity contribution in [2.75, 3.05) is 6.54 Å². The largest absolute Gasteiger partial charge is 0.332 e. The third-order valence-electron chi connectivity index (χ3n) is 5.42. The molecule has 0 radical (unpaired) electrons. The van der Waals surface area contributed by atoms with Gasteiger partial charge < -0.3 is 4.90 Å². The van der Waals surface area contributed by atoms with Gasteiger partial charge in [-0.25, -0.2) is 12.8 Å². The summed E-state index contributed by atoms with van der Waals surface area (Å²) in [6, 6.07) is 13.4. The van der Waals surface area contributed by atoms with Crippen LogP contribution in [0.3, 0.4) is 0 Å². The monoisotopic (exact) mass is 542 g/mol. The van der Waals surface area contributed by atoms with Crippen LogP contribution >= 0.6 is 34.5 Å². The lowest BCUT2D eigenvalue weighted by Gasteiger charge is -2.30. The van der Waals surface area contributed by atoms with Gasteiger partial charge in [0.05, 0.1) is 18.1 Å². The molecule has 1 heterocycles. The molecule has 0 saturated carbocycles. The molecule has 3 rings (SSSR count). The standard InChI is InChI=1S/C24H25Cl2FN2O3S2/c1-3-17(2)29(34(31,32)23-13-19(25)8-11-22(23)26)16-24(30)28(15-21-5-4-12-33-21)14-18-6-9-20(27)10-7-18/h4-13,17H,3,14-16H2,1-2H3. The highest BCUT2D eigenvalue weighted by Gasteiger charge is 2.33. The molecule has 0 fully saturated rings. The lowest BCUT2D eigenvalue weighted by Crippen LogP contribution is -2.46. The Hall–Kier alpha value is -1.97. The summed E-state index contributed by atoms with van der Waals surface area (Å²) in [6.07, 6.45) is 0.494. The van der Waals surface area contributed by atoms with E-state index in [4.69, 9.17) is 23.2 Å². The molecule has 10 heteroatoms. The van der Waals surface area contributed by atoms with E-state index in [1.807, 2.05) is 24.4 Å². The number of thiophene rings is 1. The van der Waals surface area contributed by atoms with Crippen LogP contribution in [-0.2, 0) is 27.9 Å². The normalized spacial score (nSPS) is 12.6. The van der Waals surface area contributed by atoms with Crippen LogP contribution in [0.15, 0.2) is 64.9 Å². The molecule has 1 amide bonds. The van der Waals surface area contributed by atoms with Crippen molar-refractivity contribution < 1.29 is 17.6 Å². The first-order chi connectivity index (χ1) is 16.1. The van der Waals surface area contributed by atoms with E-state index >= 15 is 0 Å². The van der Waals surface area contributed by atoms with Crippen LogP contribution in [-0.4, -0.2) is 36.1 Å². The third-order valence-corrected chi connectivity index (χ3v) is 8.96. The molecule has 0 N–H and O–H groups in total. The van der Waals surface area contributed by atoms with Crippen LogP contribution in [0.25, 0.3) is 0 Å². The quantitative estimate of drug-likeness (QED) is 0.306. The van der Waals surface area contributed by atoms with Gasteiger partial charge in [0.15, 0.2) is 0 Å². The SMILES string of the molecule is CCC(C)N(CC(=O)N(Cc1ccc(F)cc1)Cc1cccs1)S(=O)(=O)c1cc(Cl)ccc1Cl. The van der Waals surface area contributed by atoms with Crippen LogP contribution in [0, 0.1) is 5.82 Å². The summed E-state index contributed by atoms with van der Waals surface area (Å²) in [5.74, 6) is -0.743. The Bertz CT molecular complexity index is 1220. The Balaban J connectivity index is 1.92. The fourth-order valence-electron chi connectivity index (χ4n) is 3.35. The molecule has 0 aliphatic carbocycles. The van der Waals surface area contributed by atoms with Crippen molar-refractivity contribution in [2.24, 2.45) is 0 Å². The Morgan fingerprint density at radius 1 is 1.09 bits per heavy atom. The van der Waals surface area contributed by atoms with Crippen LogP contribution in [0.1, 0.15) is 30.7 Å². The van der Waals surface area contributed by atoms with Gasteiger partial charge in [-0.15, -0.1) is 11.3 Å². The van der Waals surface area contributed by atoms with E-state index in [1.54, 1.807) is 24.0 Å². The number of sulfonamides is 1. The average molecular weight is 544 g/mol. The van der Waals surface area contributed by atoms with Crippen LogP contribution < -0.4 is 0 Å². The van der Waals surface area contributed by atoms with E-state index in [0.717, 1.165) is 10.4 Å². The molecular formula is C24H25Cl2FN2O3S2. The highest BCUT2D eigenvalue weighted by Crippen LogP contribution is 2.29. The van der Waals surface area contributed by atoms with Crippen molar-refractivity contribution in [3.63, 3.8) is 0 Å². The number of amides is 1. The van der Waals surface area contributed by atoms with Gasteiger partial charge in [-0.3, -0.25) is 4.79 Å². The fraction of sp³-hybridized carbons (Fsp3) is 0.292. The first-order valence-electron chi connectivity index (χ1n) is 10.6. The maximum Gasteiger partial charge on any atom is 0.245 e. The molecule has 5 nitrogen and oxygen atoms in total. The number of carbonyl (C=O) groups excluding carboxylic acids is 1. The average Bonchev–Trinajstić information content (AvgIpc) is 3.32. The Labute approximate surface area is 213 Å². The first kappa shape index (κ1) is 26.6. The Kier molecular flexibility index (Phi) is 9.12. The fourth-order valence-corrected chi connectivity index (χ4v) is 6.46. The maximum atomic E-state index is 13.5. The predicted octanol–water partition coefficient (Wildman–Crippen LogP) is 6.21. The molecule has 1 unspecified atom stereocenters. The van der Waals surface area contributed by atoms with E-state index in [0.29, 0.717) is 13.0 Å². The molecule has 0 bridgehead atoms. The smallest absolute Gasteiger partial charge is 0.245 e. The van der Waals surface area contributed by atoms with Crippen molar-refractivity contribution in [2.45, 2.75) is 44.3 Å². The van der Waals surface area contributed by atoms with Crippen molar-refractivity contribution in [1.29, 1.82) is 0 Å².